The third kappa shape index (κ3) is 2.96. The molecule has 12 heteroatoms. The predicted octanol–water partition coefficient (Wildman–Crippen LogP) is -0.0420. The predicted molar refractivity (Wildman–Crippen MR) is 76.4 cm³/mol. The molecule has 0 saturated carbocycles. The van der Waals surface area contributed by atoms with Gasteiger partial charge in [0.05, 0.1) is 13.2 Å². The molecule has 2 rings (SSSR count). The summed E-state index contributed by atoms with van der Waals surface area (Å²) in [6.07, 6.45) is 0. The number of aromatic hydroxyl groups is 1. The maximum atomic E-state index is 12.3. The van der Waals surface area contributed by atoms with E-state index in [1.807, 2.05) is 0 Å². The number of carboxylic acid groups (broad SMARTS) is 1. The van der Waals surface area contributed by atoms with Gasteiger partial charge in [0.15, 0.2) is 5.69 Å². The molecule has 0 aromatic carbocycles. The Morgan fingerprint density at radius 3 is 2.71 bits per heavy atom. The van der Waals surface area contributed by atoms with Gasteiger partial charge >= 0.3 is 5.97 Å². The van der Waals surface area contributed by atoms with Crippen molar-refractivity contribution in [2.24, 2.45) is 10.2 Å². The fourth-order valence-electron chi connectivity index (χ4n) is 1.85. The molecular formula is C12H11N7O5. The number of aliphatic hydroxyl groups is 1. The molecule has 0 aliphatic rings. The Morgan fingerprint density at radius 2 is 2.17 bits per heavy atom. The highest BCUT2D eigenvalue weighted by molar-refractivity contribution is 5.83. The summed E-state index contributed by atoms with van der Waals surface area (Å²) in [6.45, 7) is 0.699. The number of nitrogens with one attached hydrogen (secondary N) is 1. The third-order valence-electron chi connectivity index (χ3n) is 3.01. The van der Waals surface area contributed by atoms with E-state index in [2.05, 4.69) is 25.4 Å². The molecule has 124 valence electrons. The molecule has 0 amide bonds. The van der Waals surface area contributed by atoms with Crippen molar-refractivity contribution in [3.05, 3.63) is 27.3 Å². The van der Waals surface area contributed by atoms with E-state index in [0.717, 1.165) is 4.57 Å². The van der Waals surface area contributed by atoms with E-state index >= 15 is 0 Å². The zero-order chi connectivity index (χ0) is 17.9. The molecule has 0 spiro atoms. The van der Waals surface area contributed by atoms with Crippen molar-refractivity contribution in [1.29, 1.82) is 5.26 Å². The highest BCUT2D eigenvalue weighted by Gasteiger charge is 2.19. The molecule has 0 atom stereocenters. The van der Waals surface area contributed by atoms with Crippen molar-refractivity contribution in [2.75, 3.05) is 6.61 Å². The van der Waals surface area contributed by atoms with Crippen LogP contribution in [0.25, 0.3) is 0 Å². The van der Waals surface area contributed by atoms with Gasteiger partial charge in [0.25, 0.3) is 11.5 Å². The quantitative estimate of drug-likeness (QED) is 0.547. The van der Waals surface area contributed by atoms with E-state index in [0.29, 0.717) is 0 Å². The molecular weight excluding hydrogens is 322 g/mol. The van der Waals surface area contributed by atoms with Crippen LogP contribution in [-0.4, -0.2) is 47.6 Å². The molecule has 2 heterocycles. The molecule has 0 bridgehead atoms. The number of aromatic amines is 1. The van der Waals surface area contributed by atoms with Gasteiger partial charge in [0.1, 0.15) is 11.6 Å². The number of aromatic nitrogens is 4. The Labute approximate surface area is 133 Å². The van der Waals surface area contributed by atoms with Gasteiger partial charge in [-0.1, -0.05) is 0 Å². The lowest BCUT2D eigenvalue weighted by Crippen LogP contribution is -2.23. The summed E-state index contributed by atoms with van der Waals surface area (Å²) >= 11 is 0. The van der Waals surface area contributed by atoms with Crippen molar-refractivity contribution >= 4 is 17.6 Å². The summed E-state index contributed by atoms with van der Waals surface area (Å²) < 4.78 is 0.778. The number of aliphatic hydroxyl groups excluding tert-OH is 1. The van der Waals surface area contributed by atoms with Crippen molar-refractivity contribution in [3.8, 4) is 11.9 Å². The summed E-state index contributed by atoms with van der Waals surface area (Å²) in [5, 5.41) is 49.5. The average Bonchev–Trinajstić information content (AvgIpc) is 3.01. The summed E-state index contributed by atoms with van der Waals surface area (Å²) in [4.78, 5) is 26.5. The number of nitrogens with zero attached hydrogens (tertiary/aromatic N) is 6. The second-order valence-corrected chi connectivity index (χ2v) is 4.45. The van der Waals surface area contributed by atoms with Gasteiger partial charge in [-0.15, -0.1) is 15.3 Å². The Morgan fingerprint density at radius 1 is 1.46 bits per heavy atom. The number of hydrogen-bond acceptors (Lipinski definition) is 9. The molecule has 2 aromatic heterocycles. The van der Waals surface area contributed by atoms with E-state index in [1.54, 1.807) is 6.07 Å². The Kier molecular flexibility index (Phi) is 4.66. The normalized spacial score (nSPS) is 10.9. The van der Waals surface area contributed by atoms with Crippen LogP contribution in [-0.2, 0) is 6.54 Å². The first kappa shape index (κ1) is 16.8. The SMILES string of the molecule is Cc1c(C#N)c(O)n(CCO)c(=O)c1N=Nc1n[nH]c(C(=O)O)n1. The molecule has 0 saturated heterocycles. The third-order valence-corrected chi connectivity index (χ3v) is 3.01. The van der Waals surface area contributed by atoms with Crippen LogP contribution in [0.2, 0.25) is 0 Å². The lowest BCUT2D eigenvalue weighted by atomic mass is 10.1. The molecule has 4 N–H and O–H groups in total. The molecule has 0 radical (unpaired) electrons. The molecule has 2 aromatic rings. The number of H-pyrrole nitrogens is 1. The van der Waals surface area contributed by atoms with Gasteiger partial charge in [0, 0.05) is 5.56 Å². The van der Waals surface area contributed by atoms with Crippen LogP contribution in [0.15, 0.2) is 15.0 Å². The summed E-state index contributed by atoms with van der Waals surface area (Å²) in [5.41, 5.74) is -1.17. The van der Waals surface area contributed by atoms with Gasteiger partial charge in [-0.05, 0) is 6.92 Å². The number of azo groups is 1. The van der Waals surface area contributed by atoms with Crippen LogP contribution in [0.1, 0.15) is 21.7 Å². The number of carboxylic acids is 1. The van der Waals surface area contributed by atoms with Gasteiger partial charge in [0.2, 0.25) is 11.7 Å². The van der Waals surface area contributed by atoms with Crippen molar-refractivity contribution in [1.82, 2.24) is 19.7 Å². The Balaban J connectivity index is 2.55. The van der Waals surface area contributed by atoms with Crippen molar-refractivity contribution in [2.45, 2.75) is 13.5 Å². The molecule has 0 unspecified atom stereocenters. The lowest BCUT2D eigenvalue weighted by molar-refractivity contribution is 0.0684. The largest absolute Gasteiger partial charge is 0.493 e. The van der Waals surface area contributed by atoms with Crippen LogP contribution in [0.4, 0.5) is 11.6 Å². The second-order valence-electron chi connectivity index (χ2n) is 4.45. The first-order chi connectivity index (χ1) is 11.4. The van der Waals surface area contributed by atoms with E-state index in [9.17, 15) is 14.7 Å². The lowest BCUT2D eigenvalue weighted by Gasteiger charge is -2.11. The number of carbonyl (C=O) groups is 1. The summed E-state index contributed by atoms with van der Waals surface area (Å²) in [7, 11) is 0. The minimum absolute atomic E-state index is 0.0759. The minimum Gasteiger partial charge on any atom is -0.493 e. The average molecular weight is 333 g/mol. The number of hydrogen-bond donors (Lipinski definition) is 4. The molecule has 0 fully saturated rings. The topological polar surface area (TPSA) is 190 Å². The molecule has 12 nitrogen and oxygen atoms in total. The summed E-state index contributed by atoms with van der Waals surface area (Å²) in [5.74, 6) is -2.71. The maximum absolute atomic E-state index is 12.3. The van der Waals surface area contributed by atoms with E-state index < -0.39 is 29.8 Å². The van der Waals surface area contributed by atoms with Crippen molar-refractivity contribution in [3.63, 3.8) is 0 Å². The number of rotatable bonds is 5. The fourth-order valence-corrected chi connectivity index (χ4v) is 1.85. The van der Waals surface area contributed by atoms with Crippen LogP contribution >= 0.6 is 0 Å². The maximum Gasteiger partial charge on any atom is 0.373 e. The van der Waals surface area contributed by atoms with E-state index in [-0.39, 0.29) is 29.3 Å². The second kappa shape index (κ2) is 6.67. The number of pyridine rings is 1. The molecule has 0 aliphatic heterocycles. The van der Waals surface area contributed by atoms with Gasteiger partial charge in [-0.25, -0.2) is 4.79 Å². The zero-order valence-corrected chi connectivity index (χ0v) is 12.3. The standard InChI is InChI=1S/C12H11N7O5/c1-5-6(4-13)9(21)19(2-3-20)10(22)7(5)15-17-12-14-8(11(23)24)16-18-12/h20-21H,2-3H2,1H3,(H,23,24)(H,14,16,18). The van der Waals surface area contributed by atoms with Crippen LogP contribution in [0.5, 0.6) is 5.88 Å². The highest BCUT2D eigenvalue weighted by atomic mass is 16.4. The fraction of sp³-hybridized carbons (Fsp3) is 0.250. The van der Waals surface area contributed by atoms with Gasteiger partial charge < -0.3 is 15.3 Å². The Bertz CT molecular complexity index is 921. The number of aromatic carboxylic acids is 1. The van der Waals surface area contributed by atoms with Crippen LogP contribution in [0, 0.1) is 18.3 Å². The monoisotopic (exact) mass is 333 g/mol. The zero-order valence-electron chi connectivity index (χ0n) is 12.3. The van der Waals surface area contributed by atoms with Gasteiger partial charge in [-0.3, -0.25) is 14.5 Å². The van der Waals surface area contributed by atoms with Crippen LogP contribution in [0.3, 0.4) is 0 Å². The minimum atomic E-state index is -1.35. The molecule has 24 heavy (non-hydrogen) atoms. The Hall–Kier alpha value is -3.59. The van der Waals surface area contributed by atoms with Crippen molar-refractivity contribution < 1.29 is 20.1 Å². The van der Waals surface area contributed by atoms with E-state index in [1.165, 1.54) is 6.92 Å². The molecule has 0 aliphatic carbocycles. The number of nitriles is 1. The highest BCUT2D eigenvalue weighted by Crippen LogP contribution is 2.26. The van der Waals surface area contributed by atoms with Crippen LogP contribution < -0.4 is 5.56 Å². The smallest absolute Gasteiger partial charge is 0.373 e. The van der Waals surface area contributed by atoms with E-state index in [4.69, 9.17) is 15.5 Å². The first-order valence-corrected chi connectivity index (χ1v) is 6.45. The summed E-state index contributed by atoms with van der Waals surface area (Å²) in [6, 6.07) is 1.74. The van der Waals surface area contributed by atoms with Gasteiger partial charge in [-0.2, -0.15) is 10.2 Å². The first-order valence-electron chi connectivity index (χ1n) is 6.45.